The largest absolute Gasteiger partial charge is 0.232 e. The molecule has 1 unspecified atom stereocenters. The normalized spacial score (nSPS) is 12.4. The van der Waals surface area contributed by atoms with Crippen LogP contribution in [0, 0.1) is 34.0 Å². The third-order valence-electron chi connectivity index (χ3n) is 2.68. The molecule has 0 fully saturated rings. The van der Waals surface area contributed by atoms with Crippen LogP contribution in [0.5, 0.6) is 0 Å². The van der Waals surface area contributed by atoms with Crippen LogP contribution in [0.1, 0.15) is 39.0 Å². The van der Waals surface area contributed by atoms with Crippen LogP contribution in [0.4, 0.5) is 0 Å². The van der Waals surface area contributed by atoms with E-state index in [1.54, 1.807) is 18.2 Å². The molecule has 0 aliphatic heterocycles. The molecular weight excluding hydrogens is 264 g/mol. The van der Waals surface area contributed by atoms with E-state index in [2.05, 4.69) is 0 Å². The molecule has 0 aromatic carbocycles. The van der Waals surface area contributed by atoms with E-state index in [0.29, 0.717) is 6.42 Å². The number of unbranched alkanes of at least 4 members (excludes halogenated alkanes) is 3. The lowest BCUT2D eigenvalue weighted by molar-refractivity contribution is 0.468. The molecular formula is C12H18N4O2S. The van der Waals surface area contributed by atoms with Crippen molar-refractivity contribution in [2.45, 2.75) is 44.3 Å². The number of nitrogens with zero attached hydrogens (tertiary/aromatic N) is 4. The summed E-state index contributed by atoms with van der Waals surface area (Å²) < 4.78 is 25.0. The topological polar surface area (TPSA) is 109 Å². The summed E-state index contributed by atoms with van der Waals surface area (Å²) in [7, 11) is -3.90. The Balaban J connectivity index is 4.77. The third-order valence-corrected chi connectivity index (χ3v) is 4.72. The Morgan fingerprint density at radius 1 is 1.05 bits per heavy atom. The molecule has 104 valence electrons. The van der Waals surface area contributed by atoms with E-state index < -0.39 is 28.4 Å². The molecule has 19 heavy (non-hydrogen) atoms. The molecule has 6 nitrogen and oxygen atoms in total. The molecule has 0 N–H and O–H groups in total. The van der Waals surface area contributed by atoms with E-state index in [0.717, 1.165) is 23.6 Å². The first-order valence-corrected chi connectivity index (χ1v) is 7.67. The zero-order valence-corrected chi connectivity index (χ0v) is 11.9. The van der Waals surface area contributed by atoms with Crippen LogP contribution in [-0.4, -0.2) is 31.1 Å². The van der Waals surface area contributed by atoms with Gasteiger partial charge in [-0.05, 0) is 6.42 Å². The van der Waals surface area contributed by atoms with Gasteiger partial charge < -0.3 is 0 Å². The number of sulfonamides is 1. The second kappa shape index (κ2) is 9.33. The summed E-state index contributed by atoms with van der Waals surface area (Å²) in [5, 5.41) is 25.0. The van der Waals surface area contributed by atoms with Crippen molar-refractivity contribution in [1.82, 2.24) is 4.31 Å². The van der Waals surface area contributed by atoms with Gasteiger partial charge in [0.05, 0.1) is 18.2 Å². The van der Waals surface area contributed by atoms with Gasteiger partial charge in [0.2, 0.25) is 10.0 Å². The first-order valence-electron chi connectivity index (χ1n) is 6.17. The Kier molecular flexibility index (Phi) is 8.53. The van der Waals surface area contributed by atoms with Crippen LogP contribution in [0.3, 0.4) is 0 Å². The van der Waals surface area contributed by atoms with Gasteiger partial charge in [-0.15, -0.1) is 0 Å². The van der Waals surface area contributed by atoms with E-state index in [9.17, 15) is 8.42 Å². The fourth-order valence-electron chi connectivity index (χ4n) is 1.61. The van der Waals surface area contributed by atoms with E-state index in [-0.39, 0.29) is 6.42 Å². The minimum Gasteiger partial charge on any atom is -0.211 e. The number of rotatable bonds is 9. The Morgan fingerprint density at radius 3 is 2.05 bits per heavy atom. The minimum atomic E-state index is -3.90. The zero-order chi connectivity index (χ0) is 14.7. The summed E-state index contributed by atoms with van der Waals surface area (Å²) in [6.07, 6.45) is 3.79. The van der Waals surface area contributed by atoms with Crippen molar-refractivity contribution in [2.24, 2.45) is 0 Å². The van der Waals surface area contributed by atoms with Crippen LogP contribution in [0.2, 0.25) is 0 Å². The van der Waals surface area contributed by atoms with Crippen LogP contribution in [-0.2, 0) is 10.0 Å². The van der Waals surface area contributed by atoms with Gasteiger partial charge in [0.25, 0.3) is 0 Å². The van der Waals surface area contributed by atoms with Gasteiger partial charge >= 0.3 is 0 Å². The smallest absolute Gasteiger partial charge is 0.211 e. The highest BCUT2D eigenvalue weighted by Crippen LogP contribution is 2.15. The molecule has 1 atom stereocenters. The van der Waals surface area contributed by atoms with Crippen LogP contribution in [0.25, 0.3) is 0 Å². The Bertz CT molecular complexity index is 465. The Hall–Kier alpha value is -1.62. The highest BCUT2D eigenvalue weighted by atomic mass is 32.2. The fraction of sp³-hybridized carbons (Fsp3) is 0.750. The fourth-order valence-corrected chi connectivity index (χ4v) is 3.04. The molecule has 0 saturated heterocycles. The predicted molar refractivity (Wildman–Crippen MR) is 69.9 cm³/mol. The summed E-state index contributed by atoms with van der Waals surface area (Å²) in [6.45, 7) is 1.24. The quantitative estimate of drug-likeness (QED) is 0.470. The molecule has 0 radical (unpaired) electrons. The van der Waals surface area contributed by atoms with Crippen molar-refractivity contribution in [1.29, 1.82) is 15.8 Å². The second-order valence-electron chi connectivity index (χ2n) is 4.10. The van der Waals surface area contributed by atoms with Gasteiger partial charge in [0, 0.05) is 0 Å². The van der Waals surface area contributed by atoms with E-state index in [1.165, 1.54) is 0 Å². The van der Waals surface area contributed by atoms with E-state index in [1.807, 2.05) is 6.92 Å². The Labute approximate surface area is 114 Å². The molecule has 7 heteroatoms. The maximum absolute atomic E-state index is 12.1. The monoisotopic (exact) mass is 282 g/mol. The second-order valence-corrected chi connectivity index (χ2v) is 6.21. The van der Waals surface area contributed by atoms with Gasteiger partial charge in [-0.3, -0.25) is 0 Å². The lowest BCUT2D eigenvalue weighted by Gasteiger charge is -2.19. The highest BCUT2D eigenvalue weighted by Gasteiger charge is 2.31. The van der Waals surface area contributed by atoms with E-state index in [4.69, 9.17) is 15.8 Å². The standard InChI is InChI=1S/C12H18N4O2S/c1-2-3-4-5-6-12(11-15)19(17,18)16(9-7-13)10-8-14/h12H,2-6,9-10H2,1H3. The number of hydrogen-bond acceptors (Lipinski definition) is 5. The van der Waals surface area contributed by atoms with Gasteiger partial charge in [0.1, 0.15) is 13.1 Å². The van der Waals surface area contributed by atoms with Crippen molar-refractivity contribution in [2.75, 3.05) is 13.1 Å². The van der Waals surface area contributed by atoms with Gasteiger partial charge in [-0.1, -0.05) is 32.6 Å². The molecule has 0 aromatic rings. The summed E-state index contributed by atoms with van der Waals surface area (Å²) in [5.41, 5.74) is 0. The van der Waals surface area contributed by atoms with Crippen molar-refractivity contribution in [3.05, 3.63) is 0 Å². The summed E-state index contributed by atoms with van der Waals surface area (Å²) in [6, 6.07) is 5.17. The molecule has 0 amide bonds. The van der Waals surface area contributed by atoms with Gasteiger partial charge in [-0.25, -0.2) is 8.42 Å². The van der Waals surface area contributed by atoms with Crippen LogP contribution >= 0.6 is 0 Å². The third kappa shape index (κ3) is 5.70. The average molecular weight is 282 g/mol. The maximum Gasteiger partial charge on any atom is 0.232 e. The molecule has 0 aromatic heterocycles. The number of hydrogen-bond donors (Lipinski definition) is 0. The lowest BCUT2D eigenvalue weighted by Crippen LogP contribution is -2.38. The van der Waals surface area contributed by atoms with Crippen molar-refractivity contribution in [3.63, 3.8) is 0 Å². The van der Waals surface area contributed by atoms with Crippen LogP contribution in [0.15, 0.2) is 0 Å². The van der Waals surface area contributed by atoms with Crippen molar-refractivity contribution in [3.8, 4) is 18.2 Å². The van der Waals surface area contributed by atoms with Gasteiger partial charge in [0.15, 0.2) is 5.25 Å². The highest BCUT2D eigenvalue weighted by molar-refractivity contribution is 7.90. The number of nitriles is 3. The molecule has 0 saturated carbocycles. The SMILES string of the molecule is CCCCCCC(C#N)S(=O)(=O)N(CC#N)CC#N. The predicted octanol–water partition coefficient (Wildman–Crippen LogP) is 1.53. The molecule has 0 aliphatic rings. The lowest BCUT2D eigenvalue weighted by atomic mass is 10.1. The maximum atomic E-state index is 12.1. The van der Waals surface area contributed by atoms with E-state index >= 15 is 0 Å². The van der Waals surface area contributed by atoms with Crippen LogP contribution < -0.4 is 0 Å². The molecule has 0 spiro atoms. The molecule has 0 heterocycles. The first kappa shape index (κ1) is 17.4. The summed E-state index contributed by atoms with van der Waals surface area (Å²) in [4.78, 5) is 0. The summed E-state index contributed by atoms with van der Waals surface area (Å²) in [5.74, 6) is 0. The first-order chi connectivity index (χ1) is 9.04. The minimum absolute atomic E-state index is 0.242. The summed E-state index contributed by atoms with van der Waals surface area (Å²) >= 11 is 0. The molecule has 0 rings (SSSR count). The van der Waals surface area contributed by atoms with Crippen molar-refractivity contribution < 1.29 is 8.42 Å². The molecule has 0 bridgehead atoms. The zero-order valence-electron chi connectivity index (χ0n) is 11.0. The Morgan fingerprint density at radius 2 is 1.63 bits per heavy atom. The molecule has 0 aliphatic carbocycles. The van der Waals surface area contributed by atoms with Gasteiger partial charge in [-0.2, -0.15) is 20.1 Å². The van der Waals surface area contributed by atoms with Crippen molar-refractivity contribution >= 4 is 10.0 Å². The average Bonchev–Trinajstić information content (AvgIpc) is 2.38.